The predicted octanol–water partition coefficient (Wildman–Crippen LogP) is 6.58. The van der Waals surface area contributed by atoms with Gasteiger partial charge in [0, 0.05) is 25.7 Å². The van der Waals surface area contributed by atoms with Gasteiger partial charge in [0.15, 0.2) is 6.29 Å². The molecular weight excluding hydrogens is 566 g/mol. The summed E-state index contributed by atoms with van der Waals surface area (Å²) in [7, 11) is 0. The van der Waals surface area contributed by atoms with Gasteiger partial charge in [-0.1, -0.05) is 81.6 Å². The van der Waals surface area contributed by atoms with Gasteiger partial charge in [0.25, 0.3) is 5.91 Å². The standard InChI is InChI=1S/C37H53N3O5/c1-27(2)26-43-28(3)45-40-35(41)21-20-29-10-9-11-32(22-29)24-38-23-30-16-18-31(19-17-30)25-39-36(33-12-5-4-6-13-33)37(42)44-34-14-7-8-15-34/h9-11,16-22,27-28,33-34,36,38-39H,4-8,12-15,23-26H2,1-3H3,(H,40,41)/b21-20+. The number of carbonyl (C=O) groups is 2. The number of nitrogens with one attached hydrogen (secondary N) is 3. The van der Waals surface area contributed by atoms with Crippen LogP contribution in [0.4, 0.5) is 0 Å². The van der Waals surface area contributed by atoms with Gasteiger partial charge >= 0.3 is 5.97 Å². The first-order valence-corrected chi connectivity index (χ1v) is 16.9. The highest BCUT2D eigenvalue weighted by Gasteiger charge is 2.32. The van der Waals surface area contributed by atoms with Crippen LogP contribution >= 0.6 is 0 Å². The minimum Gasteiger partial charge on any atom is -0.461 e. The van der Waals surface area contributed by atoms with Crippen molar-refractivity contribution in [1.29, 1.82) is 0 Å². The van der Waals surface area contributed by atoms with Crippen LogP contribution in [0.2, 0.25) is 0 Å². The molecule has 2 atom stereocenters. The molecule has 8 nitrogen and oxygen atoms in total. The average Bonchev–Trinajstić information content (AvgIpc) is 3.56. The lowest BCUT2D eigenvalue weighted by Gasteiger charge is -2.30. The molecule has 2 aliphatic carbocycles. The van der Waals surface area contributed by atoms with Crippen molar-refractivity contribution < 1.29 is 23.9 Å². The summed E-state index contributed by atoms with van der Waals surface area (Å²) >= 11 is 0. The summed E-state index contributed by atoms with van der Waals surface area (Å²) in [6.07, 6.45) is 13.0. The number of rotatable bonds is 17. The predicted molar refractivity (Wildman–Crippen MR) is 177 cm³/mol. The van der Waals surface area contributed by atoms with Crippen LogP contribution in [0.25, 0.3) is 6.08 Å². The van der Waals surface area contributed by atoms with Crippen LogP contribution in [0.15, 0.2) is 54.6 Å². The molecule has 246 valence electrons. The minimum absolute atomic E-state index is 0.0521. The van der Waals surface area contributed by atoms with Gasteiger partial charge in [0.2, 0.25) is 0 Å². The lowest BCUT2D eigenvalue weighted by Crippen LogP contribution is -2.45. The minimum atomic E-state index is -0.512. The molecular formula is C37H53N3O5. The molecule has 0 aromatic heterocycles. The number of hydrogen-bond acceptors (Lipinski definition) is 7. The van der Waals surface area contributed by atoms with Gasteiger partial charge in [-0.2, -0.15) is 0 Å². The second-order valence-electron chi connectivity index (χ2n) is 13.0. The number of amides is 1. The van der Waals surface area contributed by atoms with E-state index in [9.17, 15) is 9.59 Å². The van der Waals surface area contributed by atoms with E-state index in [0.29, 0.717) is 31.5 Å². The normalized spacial score (nSPS) is 17.5. The summed E-state index contributed by atoms with van der Waals surface area (Å²) < 4.78 is 11.4. The number of ether oxygens (including phenoxy) is 2. The van der Waals surface area contributed by atoms with Gasteiger partial charge in [-0.05, 0) is 85.6 Å². The highest BCUT2D eigenvalue weighted by atomic mass is 16.8. The van der Waals surface area contributed by atoms with Gasteiger partial charge < -0.3 is 20.1 Å². The molecule has 2 aromatic carbocycles. The van der Waals surface area contributed by atoms with Crippen molar-refractivity contribution in [1.82, 2.24) is 16.1 Å². The second kappa shape index (κ2) is 18.8. The fourth-order valence-electron chi connectivity index (χ4n) is 6.02. The Hall–Kier alpha value is -3.04. The van der Waals surface area contributed by atoms with Crippen LogP contribution in [0.5, 0.6) is 0 Å². The molecule has 0 heterocycles. The molecule has 3 N–H and O–H groups in total. The maximum atomic E-state index is 13.2. The van der Waals surface area contributed by atoms with E-state index in [0.717, 1.165) is 56.2 Å². The third kappa shape index (κ3) is 12.7. The summed E-state index contributed by atoms with van der Waals surface area (Å²) in [6, 6.07) is 16.4. The van der Waals surface area contributed by atoms with E-state index in [1.165, 1.54) is 36.5 Å². The molecule has 2 aliphatic rings. The van der Waals surface area contributed by atoms with Crippen LogP contribution in [-0.4, -0.2) is 36.9 Å². The zero-order valence-electron chi connectivity index (χ0n) is 27.4. The topological polar surface area (TPSA) is 97.9 Å². The van der Waals surface area contributed by atoms with Crippen molar-refractivity contribution in [2.45, 2.75) is 117 Å². The van der Waals surface area contributed by atoms with E-state index in [-0.39, 0.29) is 24.0 Å². The third-order valence-electron chi connectivity index (χ3n) is 8.54. The Bertz CT molecular complexity index is 1200. The molecule has 2 aromatic rings. The Morgan fingerprint density at radius 2 is 1.51 bits per heavy atom. The van der Waals surface area contributed by atoms with E-state index in [1.54, 1.807) is 13.0 Å². The number of hydroxylamine groups is 1. The van der Waals surface area contributed by atoms with Crippen LogP contribution in [0, 0.1) is 11.8 Å². The van der Waals surface area contributed by atoms with Crippen molar-refractivity contribution in [3.8, 4) is 0 Å². The maximum absolute atomic E-state index is 13.2. The first-order chi connectivity index (χ1) is 21.9. The Kier molecular flexibility index (Phi) is 14.6. The molecule has 2 unspecified atom stereocenters. The van der Waals surface area contributed by atoms with Gasteiger partial charge in [0.05, 0.1) is 6.61 Å². The van der Waals surface area contributed by atoms with Crippen LogP contribution < -0.4 is 16.1 Å². The Labute approximate surface area is 269 Å². The average molecular weight is 620 g/mol. The first kappa shape index (κ1) is 34.8. The molecule has 0 spiro atoms. The first-order valence-electron chi connectivity index (χ1n) is 16.9. The van der Waals surface area contributed by atoms with Crippen LogP contribution in [0.3, 0.4) is 0 Å². The molecule has 4 rings (SSSR count). The summed E-state index contributed by atoms with van der Waals surface area (Å²) in [4.78, 5) is 30.5. The van der Waals surface area contributed by atoms with E-state index >= 15 is 0 Å². The van der Waals surface area contributed by atoms with Crippen molar-refractivity contribution in [3.05, 3.63) is 76.9 Å². The zero-order valence-corrected chi connectivity index (χ0v) is 27.4. The second-order valence-corrected chi connectivity index (χ2v) is 13.0. The molecule has 0 bridgehead atoms. The lowest BCUT2D eigenvalue weighted by molar-refractivity contribution is -0.180. The van der Waals surface area contributed by atoms with Crippen molar-refractivity contribution in [3.63, 3.8) is 0 Å². The molecule has 2 fully saturated rings. The monoisotopic (exact) mass is 619 g/mol. The Balaban J connectivity index is 1.19. The molecule has 2 saturated carbocycles. The molecule has 0 aliphatic heterocycles. The number of carbonyl (C=O) groups excluding carboxylic acids is 2. The highest BCUT2D eigenvalue weighted by Crippen LogP contribution is 2.29. The van der Waals surface area contributed by atoms with Gasteiger partial charge in [-0.25, -0.2) is 10.3 Å². The summed E-state index contributed by atoms with van der Waals surface area (Å²) in [5.74, 6) is 0.361. The summed E-state index contributed by atoms with van der Waals surface area (Å²) in [5.41, 5.74) is 6.83. The van der Waals surface area contributed by atoms with Crippen LogP contribution in [0.1, 0.15) is 101 Å². The largest absolute Gasteiger partial charge is 0.461 e. The van der Waals surface area contributed by atoms with E-state index < -0.39 is 6.29 Å². The van der Waals surface area contributed by atoms with Crippen LogP contribution in [-0.2, 0) is 43.5 Å². The Morgan fingerprint density at radius 3 is 2.22 bits per heavy atom. The molecule has 45 heavy (non-hydrogen) atoms. The summed E-state index contributed by atoms with van der Waals surface area (Å²) in [6.45, 7) is 8.53. The van der Waals surface area contributed by atoms with E-state index in [1.807, 2.05) is 12.1 Å². The molecule has 0 radical (unpaired) electrons. The lowest BCUT2D eigenvalue weighted by atomic mass is 9.83. The van der Waals surface area contributed by atoms with Gasteiger partial charge in [-0.3, -0.25) is 9.59 Å². The number of esters is 1. The summed E-state index contributed by atoms with van der Waals surface area (Å²) in [5, 5.41) is 7.08. The number of benzene rings is 2. The SMILES string of the molecule is CC(C)COC(C)ONC(=O)/C=C/c1cccc(CNCc2ccc(CNC(C(=O)OC3CCCC3)C3CCCCC3)cc2)c1. The maximum Gasteiger partial charge on any atom is 0.323 e. The quantitative estimate of drug-likeness (QED) is 0.0797. The van der Waals surface area contributed by atoms with E-state index in [2.05, 4.69) is 66.4 Å². The van der Waals surface area contributed by atoms with Gasteiger partial charge in [0.1, 0.15) is 12.1 Å². The number of hydrogen-bond donors (Lipinski definition) is 3. The van der Waals surface area contributed by atoms with Crippen molar-refractivity contribution in [2.75, 3.05) is 6.61 Å². The van der Waals surface area contributed by atoms with Crippen molar-refractivity contribution in [2.24, 2.45) is 11.8 Å². The zero-order chi connectivity index (χ0) is 31.9. The Morgan fingerprint density at radius 1 is 0.844 bits per heavy atom. The third-order valence-corrected chi connectivity index (χ3v) is 8.54. The van der Waals surface area contributed by atoms with E-state index in [4.69, 9.17) is 14.3 Å². The van der Waals surface area contributed by atoms with Crippen molar-refractivity contribution >= 4 is 18.0 Å². The smallest absolute Gasteiger partial charge is 0.323 e. The molecule has 1 amide bonds. The fraction of sp³-hybridized carbons (Fsp3) is 0.568. The molecule has 8 heteroatoms. The highest BCUT2D eigenvalue weighted by molar-refractivity contribution is 5.90. The molecule has 0 saturated heterocycles. The fourth-order valence-corrected chi connectivity index (χ4v) is 6.02. The van der Waals surface area contributed by atoms with Gasteiger partial charge in [-0.15, -0.1) is 0 Å².